The van der Waals surface area contributed by atoms with Gasteiger partial charge in [-0.05, 0) is 37.9 Å². The van der Waals surface area contributed by atoms with Gasteiger partial charge in [0.25, 0.3) is 0 Å². The van der Waals surface area contributed by atoms with E-state index in [1.54, 1.807) is 0 Å². The molecule has 0 aromatic heterocycles. The second-order valence-electron chi connectivity index (χ2n) is 5.20. The van der Waals surface area contributed by atoms with Gasteiger partial charge in [0.1, 0.15) is 5.75 Å². The van der Waals surface area contributed by atoms with Crippen LogP contribution < -0.4 is 15.4 Å². The van der Waals surface area contributed by atoms with Crippen molar-refractivity contribution in [2.45, 2.75) is 19.8 Å². The second-order valence-corrected chi connectivity index (χ2v) is 5.20. The number of carbonyl (C=O) groups excluding carboxylic acids is 1. The lowest BCUT2D eigenvalue weighted by molar-refractivity contribution is -0.119. The molecule has 2 rings (SSSR count). The molecule has 4 nitrogen and oxygen atoms in total. The van der Waals surface area contributed by atoms with Crippen LogP contribution in [-0.2, 0) is 4.79 Å². The summed E-state index contributed by atoms with van der Waals surface area (Å²) in [6, 6.07) is 7.62. The molecule has 104 valence electrons. The van der Waals surface area contributed by atoms with Gasteiger partial charge in [-0.2, -0.15) is 0 Å². The Labute approximate surface area is 114 Å². The number of benzene rings is 1. The second kappa shape index (κ2) is 6.57. The molecule has 1 amide bonds. The Hall–Kier alpha value is -1.55. The van der Waals surface area contributed by atoms with E-state index in [-0.39, 0.29) is 11.8 Å². The first-order chi connectivity index (χ1) is 9.20. The van der Waals surface area contributed by atoms with Crippen LogP contribution in [0.3, 0.4) is 0 Å². The first-order valence-corrected chi connectivity index (χ1v) is 6.88. The number of amides is 1. The van der Waals surface area contributed by atoms with Gasteiger partial charge < -0.3 is 15.4 Å². The van der Waals surface area contributed by atoms with Crippen LogP contribution >= 0.6 is 0 Å². The molecule has 1 saturated carbocycles. The molecule has 1 atom stereocenters. The summed E-state index contributed by atoms with van der Waals surface area (Å²) in [5.41, 5.74) is 0.760. The molecule has 2 N–H and O–H groups in total. The van der Waals surface area contributed by atoms with Crippen LogP contribution in [0, 0.1) is 11.8 Å². The summed E-state index contributed by atoms with van der Waals surface area (Å²) in [6.45, 7) is 3.31. The molecule has 1 unspecified atom stereocenters. The van der Waals surface area contributed by atoms with E-state index in [1.807, 2.05) is 38.2 Å². The van der Waals surface area contributed by atoms with Crippen LogP contribution in [-0.4, -0.2) is 26.1 Å². The SMILES string of the molecule is CNCC(C)C(=O)Nc1ccccc1OCC1CC1. The van der Waals surface area contributed by atoms with Crippen LogP contribution in [0.4, 0.5) is 5.69 Å². The average Bonchev–Trinajstić information content (AvgIpc) is 3.22. The molecular formula is C15H22N2O2. The van der Waals surface area contributed by atoms with Crippen molar-refractivity contribution >= 4 is 11.6 Å². The Kier molecular flexibility index (Phi) is 4.80. The van der Waals surface area contributed by atoms with Crippen molar-refractivity contribution in [3.8, 4) is 5.75 Å². The van der Waals surface area contributed by atoms with Gasteiger partial charge in [-0.1, -0.05) is 19.1 Å². The van der Waals surface area contributed by atoms with Gasteiger partial charge in [0.05, 0.1) is 12.3 Å². The summed E-state index contributed by atoms with van der Waals surface area (Å²) in [6.07, 6.45) is 2.52. The van der Waals surface area contributed by atoms with Crippen LogP contribution in [0.1, 0.15) is 19.8 Å². The third kappa shape index (κ3) is 4.24. The molecule has 1 aliphatic carbocycles. The number of anilines is 1. The first kappa shape index (κ1) is 13.9. The fourth-order valence-corrected chi connectivity index (χ4v) is 1.84. The van der Waals surface area contributed by atoms with E-state index >= 15 is 0 Å². The van der Waals surface area contributed by atoms with Gasteiger partial charge in [-0.3, -0.25) is 4.79 Å². The van der Waals surface area contributed by atoms with E-state index in [1.165, 1.54) is 12.8 Å². The number of ether oxygens (including phenoxy) is 1. The van der Waals surface area contributed by atoms with E-state index in [0.717, 1.165) is 18.0 Å². The average molecular weight is 262 g/mol. The van der Waals surface area contributed by atoms with Crippen molar-refractivity contribution in [3.63, 3.8) is 0 Å². The molecular weight excluding hydrogens is 240 g/mol. The summed E-state index contributed by atoms with van der Waals surface area (Å²) >= 11 is 0. The molecule has 0 heterocycles. The van der Waals surface area contributed by atoms with E-state index in [2.05, 4.69) is 10.6 Å². The van der Waals surface area contributed by atoms with E-state index < -0.39 is 0 Å². The fourth-order valence-electron chi connectivity index (χ4n) is 1.84. The lowest BCUT2D eigenvalue weighted by Gasteiger charge is -2.15. The number of nitrogens with one attached hydrogen (secondary N) is 2. The zero-order valence-corrected chi connectivity index (χ0v) is 11.6. The highest BCUT2D eigenvalue weighted by Gasteiger charge is 2.22. The topological polar surface area (TPSA) is 50.4 Å². The summed E-state index contributed by atoms with van der Waals surface area (Å²) < 4.78 is 5.77. The minimum absolute atomic E-state index is 0.0109. The van der Waals surface area contributed by atoms with Crippen molar-refractivity contribution < 1.29 is 9.53 Å². The molecule has 0 aliphatic heterocycles. The predicted molar refractivity (Wildman–Crippen MR) is 76.4 cm³/mol. The Morgan fingerprint density at radius 2 is 2.16 bits per heavy atom. The first-order valence-electron chi connectivity index (χ1n) is 6.88. The highest BCUT2D eigenvalue weighted by atomic mass is 16.5. The normalized spacial score (nSPS) is 15.9. The molecule has 0 radical (unpaired) electrons. The molecule has 1 fully saturated rings. The number of hydrogen-bond donors (Lipinski definition) is 2. The lowest BCUT2D eigenvalue weighted by atomic mass is 10.1. The summed E-state index contributed by atoms with van der Waals surface area (Å²) in [5.74, 6) is 1.41. The lowest BCUT2D eigenvalue weighted by Crippen LogP contribution is -2.28. The minimum Gasteiger partial charge on any atom is -0.491 e. The van der Waals surface area contributed by atoms with Crippen LogP contribution in [0.5, 0.6) is 5.75 Å². The van der Waals surface area contributed by atoms with Crippen LogP contribution in [0.15, 0.2) is 24.3 Å². The van der Waals surface area contributed by atoms with E-state index in [0.29, 0.717) is 12.5 Å². The third-order valence-electron chi connectivity index (χ3n) is 3.27. The quantitative estimate of drug-likeness (QED) is 0.792. The molecule has 0 saturated heterocycles. The number of para-hydroxylation sites is 2. The zero-order chi connectivity index (χ0) is 13.7. The largest absolute Gasteiger partial charge is 0.491 e. The Morgan fingerprint density at radius 3 is 2.84 bits per heavy atom. The Morgan fingerprint density at radius 1 is 1.42 bits per heavy atom. The van der Waals surface area contributed by atoms with Crippen molar-refractivity contribution in [2.75, 3.05) is 25.5 Å². The van der Waals surface area contributed by atoms with Gasteiger partial charge in [0.2, 0.25) is 5.91 Å². The maximum Gasteiger partial charge on any atom is 0.228 e. The van der Waals surface area contributed by atoms with Gasteiger partial charge in [0, 0.05) is 12.5 Å². The van der Waals surface area contributed by atoms with Crippen molar-refractivity contribution in [1.29, 1.82) is 0 Å². The van der Waals surface area contributed by atoms with Gasteiger partial charge >= 0.3 is 0 Å². The summed E-state index contributed by atoms with van der Waals surface area (Å²) in [5, 5.41) is 5.94. The van der Waals surface area contributed by atoms with Crippen LogP contribution in [0.2, 0.25) is 0 Å². The molecule has 4 heteroatoms. The van der Waals surface area contributed by atoms with Crippen molar-refractivity contribution in [2.24, 2.45) is 11.8 Å². The highest BCUT2D eigenvalue weighted by Crippen LogP contribution is 2.31. The molecule has 1 aromatic carbocycles. The maximum absolute atomic E-state index is 12.0. The summed E-state index contributed by atoms with van der Waals surface area (Å²) in [7, 11) is 1.84. The molecule has 0 bridgehead atoms. The van der Waals surface area contributed by atoms with Crippen molar-refractivity contribution in [3.05, 3.63) is 24.3 Å². The van der Waals surface area contributed by atoms with E-state index in [9.17, 15) is 4.79 Å². The molecule has 1 aliphatic rings. The number of rotatable bonds is 7. The van der Waals surface area contributed by atoms with E-state index in [4.69, 9.17) is 4.74 Å². The standard InChI is InChI=1S/C15H22N2O2/c1-11(9-16-2)15(18)17-13-5-3-4-6-14(13)19-10-12-7-8-12/h3-6,11-12,16H,7-10H2,1-2H3,(H,17,18). The molecule has 19 heavy (non-hydrogen) atoms. The van der Waals surface area contributed by atoms with Gasteiger partial charge in [0.15, 0.2) is 0 Å². The number of hydrogen-bond acceptors (Lipinski definition) is 3. The third-order valence-corrected chi connectivity index (χ3v) is 3.27. The Balaban J connectivity index is 1.95. The smallest absolute Gasteiger partial charge is 0.228 e. The monoisotopic (exact) mass is 262 g/mol. The van der Waals surface area contributed by atoms with Gasteiger partial charge in [-0.25, -0.2) is 0 Å². The molecule has 1 aromatic rings. The highest BCUT2D eigenvalue weighted by molar-refractivity contribution is 5.93. The minimum atomic E-state index is -0.0681. The van der Waals surface area contributed by atoms with Crippen molar-refractivity contribution in [1.82, 2.24) is 5.32 Å². The fraction of sp³-hybridized carbons (Fsp3) is 0.533. The number of carbonyl (C=O) groups is 1. The van der Waals surface area contributed by atoms with Gasteiger partial charge in [-0.15, -0.1) is 0 Å². The maximum atomic E-state index is 12.0. The summed E-state index contributed by atoms with van der Waals surface area (Å²) in [4.78, 5) is 12.0. The Bertz CT molecular complexity index is 430. The zero-order valence-electron chi connectivity index (χ0n) is 11.6. The predicted octanol–water partition coefficient (Wildman–Crippen LogP) is 2.27. The molecule has 0 spiro atoms. The van der Waals surface area contributed by atoms with Crippen LogP contribution in [0.25, 0.3) is 0 Å².